The first-order chi connectivity index (χ1) is 17.6. The van der Waals surface area contributed by atoms with Gasteiger partial charge in [0.2, 0.25) is 6.29 Å². The molecular formula is C27H32O10. The van der Waals surface area contributed by atoms with Gasteiger partial charge >= 0.3 is 0 Å². The van der Waals surface area contributed by atoms with Gasteiger partial charge < -0.3 is 44.8 Å². The van der Waals surface area contributed by atoms with E-state index >= 15 is 0 Å². The number of carbonyl (C=O) groups is 1. The molecule has 1 fully saturated rings. The minimum Gasteiger partial charge on any atom is -0.508 e. The fourth-order valence-corrected chi connectivity index (χ4v) is 3.80. The molecule has 6 N–H and O–H groups in total. The number of aliphatic hydroxyl groups is 4. The topological polar surface area (TPSA) is 166 Å². The van der Waals surface area contributed by atoms with Crippen LogP contribution in [-0.4, -0.2) is 80.8 Å². The molecule has 1 aliphatic heterocycles. The summed E-state index contributed by atoms with van der Waals surface area (Å²) in [5.74, 6) is -0.882. The Morgan fingerprint density at radius 3 is 2.30 bits per heavy atom. The highest BCUT2D eigenvalue weighted by Crippen LogP contribution is 2.41. The number of aromatic hydroxyl groups is 2. The highest BCUT2D eigenvalue weighted by Gasteiger charge is 2.45. The van der Waals surface area contributed by atoms with Crippen molar-refractivity contribution in [3.8, 4) is 23.0 Å². The van der Waals surface area contributed by atoms with Crippen molar-refractivity contribution in [2.45, 2.75) is 51.0 Å². The van der Waals surface area contributed by atoms with Crippen LogP contribution in [0.1, 0.15) is 35.3 Å². The van der Waals surface area contributed by atoms with Crippen LogP contribution < -0.4 is 9.47 Å². The number of rotatable bonds is 9. The van der Waals surface area contributed by atoms with Crippen LogP contribution in [0.3, 0.4) is 0 Å². The van der Waals surface area contributed by atoms with Crippen LogP contribution in [-0.2, 0) is 11.2 Å². The summed E-state index contributed by atoms with van der Waals surface area (Å²) in [7, 11) is 1.31. The molecule has 0 bridgehead atoms. The summed E-state index contributed by atoms with van der Waals surface area (Å²) in [6.07, 6.45) is -2.85. The Bertz CT molecular complexity index is 1150. The van der Waals surface area contributed by atoms with Crippen LogP contribution in [0.5, 0.6) is 23.0 Å². The molecule has 2 aromatic rings. The molecule has 1 saturated heterocycles. The van der Waals surface area contributed by atoms with Gasteiger partial charge in [0.15, 0.2) is 5.78 Å². The maximum atomic E-state index is 13.1. The van der Waals surface area contributed by atoms with E-state index in [0.717, 1.165) is 5.57 Å². The third-order valence-corrected chi connectivity index (χ3v) is 5.92. The summed E-state index contributed by atoms with van der Waals surface area (Å²) in [5, 5.41) is 60.6. The number of hydrogen-bond acceptors (Lipinski definition) is 10. The van der Waals surface area contributed by atoms with Gasteiger partial charge in [0.05, 0.1) is 13.7 Å². The lowest BCUT2D eigenvalue weighted by Crippen LogP contribution is -2.60. The fourth-order valence-electron chi connectivity index (χ4n) is 3.80. The molecule has 10 heteroatoms. The van der Waals surface area contributed by atoms with Crippen molar-refractivity contribution in [3.05, 3.63) is 64.7 Å². The second kappa shape index (κ2) is 12.2. The molecule has 3 rings (SSSR count). The number of carbonyl (C=O) groups excluding carboxylic acids is 1. The molecule has 0 aliphatic carbocycles. The number of ether oxygens (including phenoxy) is 3. The number of hydrogen-bond donors (Lipinski definition) is 6. The third kappa shape index (κ3) is 6.48. The van der Waals surface area contributed by atoms with E-state index in [1.165, 1.54) is 37.5 Å². The van der Waals surface area contributed by atoms with Gasteiger partial charge in [-0.2, -0.15) is 0 Å². The standard InChI is InChI=1S/C27H32O10/c1-14(2)4-10-17-19(36-27-26(34)25(33)24(32)21(13-28)37-27)12-20(35-3)22(23(17)31)18(30)11-7-15-5-8-16(29)9-6-15/h4-9,11-12,21,24-29,31-34H,10,13H2,1-3H3/b11-7+/t21-,24-,25+,26-,27-/m1/s1. The molecule has 1 aliphatic rings. The molecule has 10 nitrogen and oxygen atoms in total. The van der Waals surface area contributed by atoms with E-state index in [9.17, 15) is 35.4 Å². The maximum Gasteiger partial charge on any atom is 0.229 e. The van der Waals surface area contributed by atoms with Gasteiger partial charge in [-0.1, -0.05) is 29.9 Å². The number of phenols is 2. The van der Waals surface area contributed by atoms with Gasteiger partial charge in [-0.05, 0) is 44.0 Å². The van der Waals surface area contributed by atoms with E-state index in [1.54, 1.807) is 18.2 Å². The number of allylic oxidation sites excluding steroid dienone is 3. The minimum absolute atomic E-state index is 0.00948. The summed E-state index contributed by atoms with van der Waals surface area (Å²) < 4.78 is 16.6. The quantitative estimate of drug-likeness (QED) is 0.164. The molecule has 1 heterocycles. The van der Waals surface area contributed by atoms with Gasteiger partial charge in [-0.3, -0.25) is 4.79 Å². The van der Waals surface area contributed by atoms with Gasteiger partial charge in [0.1, 0.15) is 53.0 Å². The Morgan fingerprint density at radius 2 is 1.70 bits per heavy atom. The zero-order chi connectivity index (χ0) is 27.3. The highest BCUT2D eigenvalue weighted by atomic mass is 16.7. The summed E-state index contributed by atoms with van der Waals surface area (Å²) in [6.45, 7) is 3.07. The molecule has 0 saturated carbocycles. The van der Waals surface area contributed by atoms with E-state index < -0.39 is 48.8 Å². The number of ketones is 1. The van der Waals surface area contributed by atoms with Crippen LogP contribution in [0.2, 0.25) is 0 Å². The summed E-state index contributed by atoms with van der Waals surface area (Å²) >= 11 is 0. The van der Waals surface area contributed by atoms with Gasteiger partial charge in [-0.15, -0.1) is 0 Å². The Kier molecular flexibility index (Phi) is 9.30. The first-order valence-corrected chi connectivity index (χ1v) is 11.6. The van der Waals surface area contributed by atoms with Gasteiger partial charge in [-0.25, -0.2) is 0 Å². The van der Waals surface area contributed by atoms with Crippen LogP contribution in [0, 0.1) is 0 Å². The van der Waals surface area contributed by atoms with Crippen LogP contribution in [0.4, 0.5) is 0 Å². The Morgan fingerprint density at radius 1 is 1.03 bits per heavy atom. The Balaban J connectivity index is 2.02. The second-order valence-corrected chi connectivity index (χ2v) is 8.87. The van der Waals surface area contributed by atoms with Crippen LogP contribution in [0.25, 0.3) is 6.08 Å². The predicted octanol–water partition coefficient (Wildman–Crippen LogP) is 1.69. The lowest BCUT2D eigenvalue weighted by molar-refractivity contribution is -0.277. The smallest absolute Gasteiger partial charge is 0.229 e. The second-order valence-electron chi connectivity index (χ2n) is 8.87. The van der Waals surface area contributed by atoms with E-state index in [-0.39, 0.29) is 34.8 Å². The van der Waals surface area contributed by atoms with Crippen molar-refractivity contribution in [2.75, 3.05) is 13.7 Å². The Hall–Kier alpha value is -3.41. The molecule has 200 valence electrons. The van der Waals surface area contributed by atoms with E-state index in [1.807, 2.05) is 13.8 Å². The average Bonchev–Trinajstić information content (AvgIpc) is 2.87. The number of phenolic OH excluding ortho intramolecular Hbond substituents is 2. The predicted molar refractivity (Wildman–Crippen MR) is 134 cm³/mol. The van der Waals surface area contributed by atoms with Crippen LogP contribution >= 0.6 is 0 Å². The molecule has 5 atom stereocenters. The number of methoxy groups -OCH3 is 1. The Labute approximate surface area is 214 Å². The van der Waals surface area contributed by atoms with Crippen molar-refractivity contribution in [1.82, 2.24) is 0 Å². The summed E-state index contributed by atoms with van der Waals surface area (Å²) in [5.41, 5.74) is 1.65. The highest BCUT2D eigenvalue weighted by molar-refractivity contribution is 6.11. The van der Waals surface area contributed by atoms with Crippen molar-refractivity contribution in [2.24, 2.45) is 0 Å². The SMILES string of the molecule is COc1cc(O[C@@H]2O[C@H](CO)[C@@H](O)[C@H](O)[C@H]2O)c(CC=C(C)C)c(O)c1C(=O)/C=C/c1ccc(O)cc1. The first kappa shape index (κ1) is 28.2. The lowest BCUT2D eigenvalue weighted by Gasteiger charge is -2.39. The van der Waals surface area contributed by atoms with Crippen molar-refractivity contribution in [3.63, 3.8) is 0 Å². The third-order valence-electron chi connectivity index (χ3n) is 5.92. The van der Waals surface area contributed by atoms with E-state index in [0.29, 0.717) is 5.56 Å². The van der Waals surface area contributed by atoms with Gasteiger partial charge in [0, 0.05) is 11.6 Å². The minimum atomic E-state index is -1.67. The molecule has 0 amide bonds. The zero-order valence-corrected chi connectivity index (χ0v) is 20.7. The summed E-state index contributed by atoms with van der Waals surface area (Å²) in [6, 6.07) is 7.55. The van der Waals surface area contributed by atoms with E-state index in [2.05, 4.69) is 0 Å². The van der Waals surface area contributed by atoms with Gasteiger partial charge in [0.25, 0.3) is 0 Å². The molecule has 0 spiro atoms. The average molecular weight is 517 g/mol. The van der Waals surface area contributed by atoms with Crippen LogP contribution in [0.15, 0.2) is 48.1 Å². The molecule has 0 unspecified atom stereocenters. The fraction of sp³-hybridized carbons (Fsp3) is 0.370. The normalized spacial score (nSPS) is 23.6. The largest absolute Gasteiger partial charge is 0.508 e. The molecule has 0 radical (unpaired) electrons. The van der Waals surface area contributed by atoms with Crippen molar-refractivity contribution < 1.29 is 49.6 Å². The van der Waals surface area contributed by atoms with E-state index in [4.69, 9.17) is 14.2 Å². The zero-order valence-electron chi connectivity index (χ0n) is 20.7. The number of aliphatic hydroxyl groups excluding tert-OH is 4. The molecule has 2 aromatic carbocycles. The first-order valence-electron chi connectivity index (χ1n) is 11.6. The summed E-state index contributed by atoms with van der Waals surface area (Å²) in [4.78, 5) is 13.1. The number of benzene rings is 2. The molecular weight excluding hydrogens is 484 g/mol. The maximum absolute atomic E-state index is 13.1. The van der Waals surface area contributed by atoms with Crippen molar-refractivity contribution in [1.29, 1.82) is 0 Å². The molecule has 0 aromatic heterocycles. The van der Waals surface area contributed by atoms with Crippen molar-refractivity contribution >= 4 is 11.9 Å². The monoisotopic (exact) mass is 516 g/mol. The lowest BCUT2D eigenvalue weighted by atomic mass is 9.98. The molecule has 37 heavy (non-hydrogen) atoms.